The van der Waals surface area contributed by atoms with E-state index < -0.39 is 28.1 Å². The van der Waals surface area contributed by atoms with Crippen LogP contribution in [0.2, 0.25) is 0 Å². The molecule has 1 radical (unpaired) electrons. The first-order chi connectivity index (χ1) is 3.71. The fourth-order valence-corrected chi connectivity index (χ4v) is 2.93. The fourth-order valence-electron chi connectivity index (χ4n) is 0.109. The van der Waals surface area contributed by atoms with E-state index in [1.807, 2.05) is 0 Å². The van der Waals surface area contributed by atoms with E-state index >= 15 is 0 Å². The van der Waals surface area contributed by atoms with Crippen molar-refractivity contribution >= 4 is 73.8 Å². The van der Waals surface area contributed by atoms with E-state index in [0.29, 0.717) is 0 Å². The van der Waals surface area contributed by atoms with Crippen LogP contribution in [-0.4, -0.2) is 71.6 Å². The van der Waals surface area contributed by atoms with Gasteiger partial charge in [0.1, 0.15) is 0 Å². The SMILES string of the molecule is O=S(=O)(O)SS(=O)(=O)O.[Cu].[GaH3].[InH3]. The van der Waals surface area contributed by atoms with E-state index in [4.69, 9.17) is 9.11 Å². The van der Waals surface area contributed by atoms with Gasteiger partial charge in [-0.3, -0.25) is 9.11 Å². The Bertz CT molecular complexity index is 248. The zero-order valence-corrected chi connectivity index (χ0v) is 7.44. The predicted molar refractivity (Wildman–Crippen MR) is 50.6 cm³/mol. The minimum absolute atomic E-state index is 0. The molecule has 0 saturated heterocycles. The van der Waals surface area contributed by atoms with Gasteiger partial charge in [0.05, 0.1) is 0 Å². The average Bonchev–Trinajstić information content (AvgIpc) is 1.14. The van der Waals surface area contributed by atoms with Gasteiger partial charge in [-0.15, -0.1) is 0 Å². The maximum atomic E-state index is 9.63. The quantitative estimate of drug-likeness (QED) is 0.263. The molecule has 0 saturated carbocycles. The molecule has 12 heteroatoms. The third kappa shape index (κ3) is 22.8. The van der Waals surface area contributed by atoms with Crippen molar-refractivity contribution in [3.63, 3.8) is 0 Å². The van der Waals surface area contributed by atoms with Crippen molar-refractivity contribution in [1.29, 1.82) is 0 Å². The summed E-state index contributed by atoms with van der Waals surface area (Å²) in [6, 6.07) is 0. The maximum absolute atomic E-state index is 9.63. The molecule has 2 N–H and O–H groups in total. The van der Waals surface area contributed by atoms with E-state index in [9.17, 15) is 16.8 Å². The molecule has 12 heavy (non-hydrogen) atoms. The summed E-state index contributed by atoms with van der Waals surface area (Å²) in [5.41, 5.74) is 0. The molecule has 0 bridgehead atoms. The monoisotopic (exact) mass is 447 g/mol. The van der Waals surface area contributed by atoms with Gasteiger partial charge in [0.25, 0.3) is 0 Å². The van der Waals surface area contributed by atoms with Gasteiger partial charge in [0, 0.05) is 17.1 Å². The molecule has 0 aromatic heterocycles. The normalized spacial score (nSPS) is 10.2. The Labute approximate surface area is 115 Å². The van der Waals surface area contributed by atoms with Crippen LogP contribution < -0.4 is 0 Å². The summed E-state index contributed by atoms with van der Waals surface area (Å²) < 4.78 is 54.0. The summed E-state index contributed by atoms with van der Waals surface area (Å²) >= 11 is 0. The molecule has 0 spiro atoms. The van der Waals surface area contributed by atoms with Gasteiger partial charge >= 0.3 is 63.9 Å². The zero-order valence-electron chi connectivity index (χ0n) is 4.05. The van der Waals surface area contributed by atoms with E-state index in [-0.39, 0.29) is 62.7 Å². The average molecular weight is 448 g/mol. The second-order valence-corrected chi connectivity index (χ2v) is 6.93. The van der Waals surface area contributed by atoms with Crippen molar-refractivity contribution in [1.82, 2.24) is 0 Å². The van der Waals surface area contributed by atoms with Crippen LogP contribution in [0.25, 0.3) is 0 Å². The standard InChI is InChI=1S/Cu.Ga.In.H2O6S3.6H/c;;;1-8(2,3)7-9(4,5)6;;;;;;/h;;;(H,1,2,3)(H,4,5,6);;;;;;. The molecule has 0 aromatic carbocycles. The van der Waals surface area contributed by atoms with Crippen LogP contribution in [0.15, 0.2) is 0 Å². The Kier molecular flexibility index (Phi) is 16.8. The van der Waals surface area contributed by atoms with Gasteiger partial charge in [0.2, 0.25) is 0 Å². The molecule has 0 rings (SSSR count). The first-order valence-corrected chi connectivity index (χ1v) is 6.10. The van der Waals surface area contributed by atoms with Gasteiger partial charge in [-0.05, 0) is 0 Å². The molecule has 0 unspecified atom stereocenters. The van der Waals surface area contributed by atoms with E-state index in [0.717, 1.165) is 0 Å². The summed E-state index contributed by atoms with van der Waals surface area (Å²) in [4.78, 5) is 0. The van der Waals surface area contributed by atoms with Crippen molar-refractivity contribution in [2.24, 2.45) is 0 Å². The fraction of sp³-hybridized carbons (Fsp3) is 0. The van der Waals surface area contributed by atoms with Crippen LogP contribution in [0, 0.1) is 0 Å². The first kappa shape index (κ1) is 23.8. The second kappa shape index (κ2) is 8.50. The zero-order chi connectivity index (χ0) is 7.71. The number of hydrogen-bond donors (Lipinski definition) is 2. The third-order valence-electron chi connectivity index (χ3n) is 0.172. The summed E-state index contributed by atoms with van der Waals surface area (Å²) in [5.74, 6) is 0. The Hall–Kier alpha value is 2.20. The van der Waals surface area contributed by atoms with Crippen LogP contribution in [0.5, 0.6) is 0 Å². The van der Waals surface area contributed by atoms with Crippen molar-refractivity contribution in [3.05, 3.63) is 0 Å². The van der Waals surface area contributed by atoms with Gasteiger partial charge in [-0.2, -0.15) is 16.8 Å². The van der Waals surface area contributed by atoms with E-state index in [2.05, 4.69) is 0 Å². The third-order valence-corrected chi connectivity index (χ3v) is 4.64. The van der Waals surface area contributed by atoms with Crippen LogP contribution in [0.1, 0.15) is 0 Å². The molecule has 0 aromatic rings. The molecule has 0 fully saturated rings. The van der Waals surface area contributed by atoms with Gasteiger partial charge in [-0.25, -0.2) is 0 Å². The Morgan fingerprint density at radius 3 is 1.08 bits per heavy atom. The van der Waals surface area contributed by atoms with Crippen molar-refractivity contribution in [3.8, 4) is 0 Å². The molecule has 0 amide bonds. The topological polar surface area (TPSA) is 109 Å². The predicted octanol–water partition coefficient (Wildman–Crippen LogP) is -3.05. The molecule has 0 aliphatic rings. The van der Waals surface area contributed by atoms with Crippen molar-refractivity contribution < 1.29 is 43.0 Å². The van der Waals surface area contributed by atoms with Gasteiger partial charge in [-0.1, -0.05) is 0 Å². The van der Waals surface area contributed by atoms with Crippen LogP contribution in [0.3, 0.4) is 0 Å². The van der Waals surface area contributed by atoms with Crippen molar-refractivity contribution in [2.75, 3.05) is 0 Å². The molecule has 0 atom stereocenters. The Morgan fingerprint density at radius 2 is 1.08 bits per heavy atom. The molecular weight excluding hydrogens is 440 g/mol. The molecular formula is H8CuGaInO6S3. The minimum atomic E-state index is -4.70. The van der Waals surface area contributed by atoms with Crippen LogP contribution >= 0.6 is 9.83 Å². The van der Waals surface area contributed by atoms with E-state index in [1.165, 1.54) is 0 Å². The molecule has 6 nitrogen and oxygen atoms in total. The van der Waals surface area contributed by atoms with Gasteiger partial charge < -0.3 is 0 Å². The number of hydrogen-bond acceptors (Lipinski definition) is 5. The molecule has 0 aliphatic carbocycles. The summed E-state index contributed by atoms with van der Waals surface area (Å²) in [6.07, 6.45) is 0. The van der Waals surface area contributed by atoms with E-state index in [1.54, 1.807) is 0 Å². The number of rotatable bonds is 2. The van der Waals surface area contributed by atoms with Crippen molar-refractivity contribution in [2.45, 2.75) is 0 Å². The summed E-state index contributed by atoms with van der Waals surface area (Å²) in [7, 11) is -10.3. The summed E-state index contributed by atoms with van der Waals surface area (Å²) in [5, 5.41) is 0. The Balaban J connectivity index is -0.000000107. The molecule has 0 heterocycles. The summed E-state index contributed by atoms with van der Waals surface area (Å²) in [6.45, 7) is 0. The van der Waals surface area contributed by atoms with Crippen LogP contribution in [-0.2, 0) is 35.4 Å². The second-order valence-electron chi connectivity index (χ2n) is 0.924. The first-order valence-electron chi connectivity index (χ1n) is 1.37. The molecule has 79 valence electrons. The van der Waals surface area contributed by atoms with Crippen LogP contribution in [0.4, 0.5) is 0 Å². The molecule has 0 aliphatic heterocycles. The van der Waals surface area contributed by atoms with Gasteiger partial charge in [0.15, 0.2) is 9.83 Å². The Morgan fingerprint density at radius 1 is 0.917 bits per heavy atom.